The van der Waals surface area contributed by atoms with Crippen LogP contribution in [0.3, 0.4) is 0 Å². The highest BCUT2D eigenvalue weighted by atomic mass is 19.1. The maximum absolute atomic E-state index is 13.7. The van der Waals surface area contributed by atoms with Crippen molar-refractivity contribution in [1.82, 2.24) is 10.6 Å². The van der Waals surface area contributed by atoms with Crippen LogP contribution >= 0.6 is 0 Å². The second-order valence-corrected chi connectivity index (χ2v) is 13.3. The van der Waals surface area contributed by atoms with Crippen LogP contribution in [0.15, 0.2) is 97.1 Å². The summed E-state index contributed by atoms with van der Waals surface area (Å²) in [4.78, 5) is 27.8. The number of aliphatic hydroxyl groups excluding tert-OH is 6. The maximum atomic E-state index is 13.7. The third-order valence-electron chi connectivity index (χ3n) is 9.53. The lowest BCUT2D eigenvalue weighted by Crippen LogP contribution is -2.55. The Morgan fingerprint density at radius 1 is 0.717 bits per heavy atom. The molecule has 0 spiro atoms. The number of carbonyl (C=O) groups is 2. The number of rotatable bonds is 18. The molecule has 53 heavy (non-hydrogen) atoms. The van der Waals surface area contributed by atoms with E-state index >= 15 is 0 Å². The number of nitrogens with one attached hydrogen (secondary N) is 2. The molecule has 4 aromatic rings. The fourth-order valence-corrected chi connectivity index (χ4v) is 6.39. The van der Waals surface area contributed by atoms with Crippen molar-refractivity contribution in [2.75, 3.05) is 18.1 Å². The first-order valence-corrected chi connectivity index (χ1v) is 17.4. The summed E-state index contributed by atoms with van der Waals surface area (Å²) in [6.07, 6.45) is -6.33. The van der Waals surface area contributed by atoms with Gasteiger partial charge in [0.1, 0.15) is 29.9 Å². The normalized spacial score (nSPS) is 18.5. The number of anilines is 1. The summed E-state index contributed by atoms with van der Waals surface area (Å²) >= 11 is 0. The number of hydrogen-bond donors (Lipinski definition) is 8. The number of hydrogen-bond acceptors (Lipinski definition) is 9. The average molecular weight is 734 g/mol. The summed E-state index contributed by atoms with van der Waals surface area (Å²) in [5.41, 5.74) is 4.45. The zero-order valence-electron chi connectivity index (χ0n) is 28.9. The van der Waals surface area contributed by atoms with Gasteiger partial charge in [0.25, 0.3) is 0 Å². The van der Waals surface area contributed by atoms with Crippen molar-refractivity contribution < 1.29 is 49.0 Å². The largest absolute Gasteiger partial charge is 0.394 e. The van der Waals surface area contributed by atoms with Crippen LogP contribution in [0, 0.1) is 17.6 Å². The Hall–Kier alpha value is -4.60. The lowest BCUT2D eigenvalue weighted by molar-refractivity contribution is -0.131. The highest BCUT2D eigenvalue weighted by Gasteiger charge is 2.48. The Kier molecular flexibility index (Phi) is 13.8. The van der Waals surface area contributed by atoms with Crippen LogP contribution in [0.25, 0.3) is 0 Å². The predicted octanol–water partition coefficient (Wildman–Crippen LogP) is 2.57. The number of carbonyl (C=O) groups excluding carboxylic acids is 2. The van der Waals surface area contributed by atoms with Crippen molar-refractivity contribution in [2.24, 2.45) is 5.92 Å². The standard InChI is InChI=1S/C40H45F2N3O8/c41-29-11-9-27(10-12-29)33(47)18-17-32-37(45(40(32)53)31-15-13-30(42)14-16-31)28-7-5-26(6-8-28)21-44-36(50)19-24-1-3-25(4-2-24)20-43-22-34(48)38(51)39(52)35(49)23-46/h1-16,32-35,37-39,43,46-49,51-52H,17-23H2,(H,44,50). The van der Waals surface area contributed by atoms with Gasteiger partial charge in [-0.1, -0.05) is 60.7 Å². The van der Waals surface area contributed by atoms with E-state index in [-0.39, 0.29) is 37.4 Å². The second-order valence-electron chi connectivity index (χ2n) is 13.3. The molecule has 1 aliphatic rings. The molecule has 1 saturated heterocycles. The SMILES string of the molecule is O=C(Cc1ccc(CNCC(O)C(O)C(O)C(O)CO)cc1)NCc1ccc(C2C(CCC(O)c3ccc(F)cc3)C(=O)N2c2ccc(F)cc2)cc1. The van der Waals surface area contributed by atoms with Gasteiger partial charge in [-0.05, 0) is 77.1 Å². The summed E-state index contributed by atoms with van der Waals surface area (Å²) < 4.78 is 27.0. The molecule has 4 aromatic carbocycles. The fraction of sp³-hybridized carbons (Fsp3) is 0.350. The minimum absolute atomic E-state index is 0.0730. The molecule has 13 heteroatoms. The first-order valence-electron chi connectivity index (χ1n) is 17.4. The van der Waals surface area contributed by atoms with E-state index in [0.717, 1.165) is 22.3 Å². The van der Waals surface area contributed by atoms with E-state index in [1.54, 1.807) is 29.2 Å². The Labute approximate surface area is 306 Å². The van der Waals surface area contributed by atoms with Gasteiger partial charge in [0.15, 0.2) is 0 Å². The molecule has 282 valence electrons. The summed E-state index contributed by atoms with van der Waals surface area (Å²) in [6.45, 7) is -0.216. The van der Waals surface area contributed by atoms with Crippen molar-refractivity contribution >= 4 is 17.5 Å². The van der Waals surface area contributed by atoms with Crippen molar-refractivity contribution in [1.29, 1.82) is 0 Å². The Bertz CT molecular complexity index is 1780. The van der Waals surface area contributed by atoms with Crippen LogP contribution in [-0.2, 0) is 29.1 Å². The van der Waals surface area contributed by atoms with Crippen molar-refractivity contribution in [3.8, 4) is 0 Å². The molecule has 7 unspecified atom stereocenters. The number of amides is 2. The van der Waals surface area contributed by atoms with Gasteiger partial charge in [0.05, 0.1) is 37.2 Å². The summed E-state index contributed by atoms with van der Waals surface area (Å²) in [5.74, 6) is -1.58. The van der Waals surface area contributed by atoms with Gasteiger partial charge in [-0.3, -0.25) is 9.59 Å². The van der Waals surface area contributed by atoms with Crippen molar-refractivity contribution in [3.05, 3.63) is 137 Å². The molecular weight excluding hydrogens is 688 g/mol. The number of benzene rings is 4. The molecule has 0 bridgehead atoms. The van der Waals surface area contributed by atoms with E-state index in [0.29, 0.717) is 30.6 Å². The van der Waals surface area contributed by atoms with Crippen molar-refractivity contribution in [3.63, 3.8) is 0 Å². The van der Waals surface area contributed by atoms with E-state index in [4.69, 9.17) is 5.11 Å². The molecule has 0 radical (unpaired) electrons. The monoisotopic (exact) mass is 733 g/mol. The van der Waals surface area contributed by atoms with Gasteiger partial charge in [-0.15, -0.1) is 0 Å². The molecule has 1 aliphatic heterocycles. The number of aliphatic hydroxyl groups is 6. The topological polar surface area (TPSA) is 183 Å². The van der Waals surface area contributed by atoms with Crippen molar-refractivity contribution in [2.45, 2.75) is 68.9 Å². The predicted molar refractivity (Wildman–Crippen MR) is 192 cm³/mol. The van der Waals surface area contributed by atoms with Crippen LogP contribution in [0.4, 0.5) is 14.5 Å². The van der Waals surface area contributed by atoms with E-state index in [9.17, 15) is 43.9 Å². The summed E-state index contributed by atoms with van der Waals surface area (Å²) in [5, 5.41) is 64.6. The lowest BCUT2D eigenvalue weighted by Gasteiger charge is -2.48. The number of nitrogens with zero attached hydrogens (tertiary/aromatic N) is 1. The number of β-lactam (4-membered cyclic amide) rings is 1. The van der Waals surface area contributed by atoms with Gasteiger partial charge in [-0.25, -0.2) is 8.78 Å². The van der Waals surface area contributed by atoms with Gasteiger partial charge in [0, 0.05) is 25.3 Å². The molecular formula is C40H45F2N3O8. The van der Waals surface area contributed by atoms with E-state index in [1.165, 1.54) is 36.4 Å². The quantitative estimate of drug-likeness (QED) is 0.0713. The molecule has 7 atom stereocenters. The summed E-state index contributed by atoms with van der Waals surface area (Å²) in [6, 6.07) is 25.7. The van der Waals surface area contributed by atoms with Crippen LogP contribution in [0.5, 0.6) is 0 Å². The molecule has 8 N–H and O–H groups in total. The third-order valence-corrected chi connectivity index (χ3v) is 9.53. The number of halogens is 2. The Morgan fingerprint density at radius 3 is 1.89 bits per heavy atom. The van der Waals surface area contributed by atoms with Gasteiger partial charge in [0.2, 0.25) is 11.8 Å². The highest BCUT2D eigenvalue weighted by Crippen LogP contribution is 2.46. The molecule has 11 nitrogen and oxygen atoms in total. The minimum Gasteiger partial charge on any atom is -0.394 e. The first kappa shape index (κ1) is 39.6. The zero-order valence-corrected chi connectivity index (χ0v) is 28.9. The summed E-state index contributed by atoms with van der Waals surface area (Å²) in [7, 11) is 0. The zero-order chi connectivity index (χ0) is 38.1. The highest BCUT2D eigenvalue weighted by molar-refractivity contribution is 6.03. The lowest BCUT2D eigenvalue weighted by atomic mass is 9.78. The van der Waals surface area contributed by atoms with E-state index < -0.39 is 54.7 Å². The average Bonchev–Trinajstić information content (AvgIpc) is 3.17. The van der Waals surface area contributed by atoms with Crippen LogP contribution < -0.4 is 15.5 Å². The molecule has 0 aromatic heterocycles. The second kappa shape index (κ2) is 18.4. The Morgan fingerprint density at radius 2 is 1.26 bits per heavy atom. The molecule has 0 saturated carbocycles. The van der Waals surface area contributed by atoms with E-state index in [1.807, 2.05) is 36.4 Å². The molecule has 1 heterocycles. The molecule has 1 fully saturated rings. The van der Waals surface area contributed by atoms with Gasteiger partial charge in [-0.2, -0.15) is 0 Å². The Balaban J connectivity index is 1.13. The van der Waals surface area contributed by atoms with Gasteiger partial charge < -0.3 is 46.2 Å². The van der Waals surface area contributed by atoms with Crippen LogP contribution in [0.2, 0.25) is 0 Å². The minimum atomic E-state index is -1.69. The van der Waals surface area contributed by atoms with E-state index in [2.05, 4.69) is 10.6 Å². The van der Waals surface area contributed by atoms with Gasteiger partial charge >= 0.3 is 0 Å². The first-order chi connectivity index (χ1) is 25.4. The fourth-order valence-electron chi connectivity index (χ4n) is 6.39. The maximum Gasteiger partial charge on any atom is 0.233 e. The third kappa shape index (κ3) is 10.3. The molecule has 0 aliphatic carbocycles. The molecule has 2 amide bonds. The smallest absolute Gasteiger partial charge is 0.233 e. The molecule has 5 rings (SSSR count). The van der Waals surface area contributed by atoms with Crippen LogP contribution in [-0.4, -0.2) is 80.0 Å². The van der Waals surface area contributed by atoms with Crippen LogP contribution in [0.1, 0.15) is 52.8 Å².